The van der Waals surface area contributed by atoms with E-state index in [1.54, 1.807) is 0 Å². The van der Waals surface area contributed by atoms with E-state index in [0.717, 1.165) is 6.42 Å². The first-order chi connectivity index (χ1) is 10.8. The van der Waals surface area contributed by atoms with Crippen molar-refractivity contribution in [3.8, 4) is 11.3 Å². The normalized spacial score (nSPS) is 11.9. The summed E-state index contributed by atoms with van der Waals surface area (Å²) in [6, 6.07) is 17.8. The van der Waals surface area contributed by atoms with Gasteiger partial charge in [0, 0.05) is 11.6 Å². The van der Waals surface area contributed by atoms with Crippen LogP contribution in [0.4, 0.5) is 0 Å². The van der Waals surface area contributed by atoms with Crippen LogP contribution in [-0.4, -0.2) is 0 Å². The summed E-state index contributed by atoms with van der Waals surface area (Å²) in [7, 11) is 2.13. The molecule has 2 aromatic carbocycles. The van der Waals surface area contributed by atoms with E-state index in [1.165, 1.54) is 33.2 Å². The SMILES string of the molecule is Cc1ccccc1-c1c2ccc(CC(C)(C)C)cc2cc[n+]1C. The zero-order valence-electron chi connectivity index (χ0n) is 14.9. The van der Waals surface area contributed by atoms with Gasteiger partial charge < -0.3 is 0 Å². The maximum Gasteiger partial charge on any atom is 0.220 e. The number of nitrogens with zero attached hydrogens (tertiary/aromatic N) is 1. The van der Waals surface area contributed by atoms with E-state index in [0.29, 0.717) is 5.41 Å². The molecule has 3 aromatic rings. The summed E-state index contributed by atoms with van der Waals surface area (Å²) in [6.07, 6.45) is 3.27. The Bertz CT molecular complexity index is 853. The zero-order chi connectivity index (χ0) is 16.6. The smallest absolute Gasteiger partial charge is 0.200 e. The molecular formula is C22H26N+. The molecule has 3 rings (SSSR count). The van der Waals surface area contributed by atoms with Gasteiger partial charge in [-0.05, 0) is 47.4 Å². The van der Waals surface area contributed by atoms with Crippen molar-refractivity contribution in [2.45, 2.75) is 34.1 Å². The topological polar surface area (TPSA) is 3.88 Å². The van der Waals surface area contributed by atoms with Crippen LogP contribution in [0.1, 0.15) is 31.9 Å². The van der Waals surface area contributed by atoms with E-state index in [-0.39, 0.29) is 0 Å². The summed E-state index contributed by atoms with van der Waals surface area (Å²) >= 11 is 0. The van der Waals surface area contributed by atoms with Crippen LogP contribution in [0, 0.1) is 12.3 Å². The van der Waals surface area contributed by atoms with Crippen LogP contribution < -0.4 is 4.57 Å². The van der Waals surface area contributed by atoms with Crippen molar-refractivity contribution in [2.24, 2.45) is 12.5 Å². The highest BCUT2D eigenvalue weighted by atomic mass is 14.9. The van der Waals surface area contributed by atoms with Gasteiger partial charge in [-0.2, -0.15) is 0 Å². The van der Waals surface area contributed by atoms with Crippen LogP contribution in [0.3, 0.4) is 0 Å². The lowest BCUT2D eigenvalue weighted by Gasteiger charge is -2.18. The molecule has 0 saturated heterocycles. The van der Waals surface area contributed by atoms with Gasteiger partial charge in [-0.1, -0.05) is 51.1 Å². The van der Waals surface area contributed by atoms with Gasteiger partial charge in [-0.25, -0.2) is 4.57 Å². The molecule has 1 heteroatoms. The van der Waals surface area contributed by atoms with Gasteiger partial charge in [-0.3, -0.25) is 0 Å². The number of aryl methyl sites for hydroxylation is 2. The van der Waals surface area contributed by atoms with Crippen LogP contribution in [0.25, 0.3) is 22.0 Å². The number of pyridine rings is 1. The molecular weight excluding hydrogens is 278 g/mol. The monoisotopic (exact) mass is 304 g/mol. The minimum absolute atomic E-state index is 0.311. The Labute approximate surface area is 139 Å². The second-order valence-electron chi connectivity index (χ2n) is 7.75. The molecule has 0 aliphatic heterocycles. The molecule has 23 heavy (non-hydrogen) atoms. The van der Waals surface area contributed by atoms with Crippen molar-refractivity contribution >= 4 is 10.8 Å². The second-order valence-corrected chi connectivity index (χ2v) is 7.75. The molecule has 1 nitrogen and oxygen atoms in total. The van der Waals surface area contributed by atoms with E-state index >= 15 is 0 Å². The Morgan fingerprint density at radius 2 is 1.70 bits per heavy atom. The first-order valence-electron chi connectivity index (χ1n) is 8.32. The van der Waals surface area contributed by atoms with Crippen LogP contribution in [0.15, 0.2) is 54.7 Å². The lowest BCUT2D eigenvalue weighted by atomic mass is 9.87. The molecule has 0 unspecified atom stereocenters. The largest absolute Gasteiger partial charge is 0.220 e. The quantitative estimate of drug-likeness (QED) is 0.571. The van der Waals surface area contributed by atoms with Crippen LogP contribution in [0.5, 0.6) is 0 Å². The average molecular weight is 304 g/mol. The molecule has 1 aromatic heterocycles. The van der Waals surface area contributed by atoms with Crippen LogP contribution in [0.2, 0.25) is 0 Å². The minimum atomic E-state index is 0.311. The van der Waals surface area contributed by atoms with E-state index in [1.807, 2.05) is 0 Å². The first-order valence-corrected chi connectivity index (χ1v) is 8.32. The van der Waals surface area contributed by atoms with Gasteiger partial charge in [0.05, 0.1) is 5.39 Å². The standard InChI is InChI=1S/C22H26N/c1-16-8-6-7-9-19(16)21-20-11-10-17(15-22(2,3)4)14-18(20)12-13-23(21)5/h6-14H,15H2,1-5H3/q+1. The van der Waals surface area contributed by atoms with Crippen molar-refractivity contribution < 1.29 is 4.57 Å². The number of rotatable bonds is 2. The number of fused-ring (bicyclic) bond motifs is 1. The molecule has 0 bridgehead atoms. The third-order valence-electron chi connectivity index (χ3n) is 4.34. The van der Waals surface area contributed by atoms with E-state index in [4.69, 9.17) is 0 Å². The Balaban J connectivity index is 2.19. The molecule has 0 aliphatic carbocycles. The maximum absolute atomic E-state index is 2.35. The summed E-state index contributed by atoms with van der Waals surface area (Å²) in [5, 5.41) is 2.64. The molecule has 0 N–H and O–H groups in total. The maximum atomic E-state index is 2.35. The highest BCUT2D eigenvalue weighted by Gasteiger charge is 2.18. The van der Waals surface area contributed by atoms with Gasteiger partial charge >= 0.3 is 0 Å². The second kappa shape index (κ2) is 5.81. The fourth-order valence-electron chi connectivity index (χ4n) is 3.32. The summed E-state index contributed by atoms with van der Waals surface area (Å²) in [5.41, 5.74) is 5.64. The van der Waals surface area contributed by atoms with Crippen molar-refractivity contribution in [2.75, 3.05) is 0 Å². The van der Waals surface area contributed by atoms with Crippen molar-refractivity contribution in [1.29, 1.82) is 0 Å². The molecule has 0 amide bonds. The molecule has 0 atom stereocenters. The summed E-state index contributed by atoms with van der Waals surface area (Å²) in [4.78, 5) is 0. The first kappa shape index (κ1) is 15.7. The number of hydrogen-bond acceptors (Lipinski definition) is 0. The average Bonchev–Trinajstić information content (AvgIpc) is 2.47. The predicted molar refractivity (Wildman–Crippen MR) is 98.5 cm³/mol. The van der Waals surface area contributed by atoms with Crippen molar-refractivity contribution in [3.05, 3.63) is 65.9 Å². The Kier molecular flexibility index (Phi) is 3.97. The van der Waals surface area contributed by atoms with E-state index in [2.05, 4.69) is 94.0 Å². The molecule has 0 saturated carbocycles. The van der Waals surface area contributed by atoms with Crippen LogP contribution in [-0.2, 0) is 13.5 Å². The Hall–Kier alpha value is -2.15. The fraction of sp³-hybridized carbons (Fsp3) is 0.318. The highest BCUT2D eigenvalue weighted by Crippen LogP contribution is 2.29. The van der Waals surface area contributed by atoms with E-state index in [9.17, 15) is 0 Å². The molecule has 0 radical (unpaired) electrons. The molecule has 1 heterocycles. The molecule has 0 spiro atoms. The lowest BCUT2D eigenvalue weighted by molar-refractivity contribution is -0.659. The third-order valence-corrected chi connectivity index (χ3v) is 4.34. The summed E-state index contributed by atoms with van der Waals surface area (Å²) in [5.74, 6) is 0. The van der Waals surface area contributed by atoms with Gasteiger partial charge in [0.2, 0.25) is 5.69 Å². The van der Waals surface area contributed by atoms with Crippen molar-refractivity contribution in [3.63, 3.8) is 0 Å². The number of benzene rings is 2. The third kappa shape index (κ3) is 3.29. The van der Waals surface area contributed by atoms with Crippen LogP contribution >= 0.6 is 0 Å². The zero-order valence-corrected chi connectivity index (χ0v) is 14.9. The highest BCUT2D eigenvalue weighted by molar-refractivity contribution is 5.93. The van der Waals surface area contributed by atoms with Crippen molar-refractivity contribution in [1.82, 2.24) is 0 Å². The Morgan fingerprint density at radius 1 is 0.957 bits per heavy atom. The number of aromatic nitrogens is 1. The summed E-state index contributed by atoms with van der Waals surface area (Å²) in [6.45, 7) is 9.06. The lowest BCUT2D eigenvalue weighted by Crippen LogP contribution is -2.30. The van der Waals surface area contributed by atoms with Gasteiger partial charge in [0.25, 0.3) is 0 Å². The van der Waals surface area contributed by atoms with Gasteiger partial charge in [0.1, 0.15) is 7.05 Å². The van der Waals surface area contributed by atoms with E-state index < -0.39 is 0 Å². The molecule has 118 valence electrons. The van der Waals surface area contributed by atoms with Gasteiger partial charge in [0.15, 0.2) is 6.20 Å². The Morgan fingerprint density at radius 3 is 2.39 bits per heavy atom. The predicted octanol–water partition coefficient (Wildman–Crippen LogP) is 5.23. The summed E-state index contributed by atoms with van der Waals surface area (Å²) < 4.78 is 2.23. The number of hydrogen-bond donors (Lipinski definition) is 0. The minimum Gasteiger partial charge on any atom is -0.200 e. The molecule has 0 aliphatic rings. The fourth-order valence-corrected chi connectivity index (χ4v) is 3.32. The molecule has 0 fully saturated rings. The van der Waals surface area contributed by atoms with Gasteiger partial charge in [-0.15, -0.1) is 0 Å².